The van der Waals surface area contributed by atoms with Gasteiger partial charge in [-0.1, -0.05) is 23.4 Å². The molecule has 1 amide bonds. The molecular weight excluding hydrogens is 292 g/mol. The van der Waals surface area contributed by atoms with Gasteiger partial charge in [0.05, 0.1) is 11.4 Å². The fraction of sp³-hybridized carbons (Fsp3) is 0.235. The van der Waals surface area contributed by atoms with Crippen LogP contribution in [0.2, 0.25) is 0 Å². The number of nitrogens with zero attached hydrogens (tertiary/aromatic N) is 3. The molecule has 0 unspecified atom stereocenters. The number of carbonyl (C=O) groups excluding carboxylic acids is 1. The molecule has 6 heteroatoms. The number of fused-ring (bicyclic) bond motifs is 1. The average Bonchev–Trinajstić information content (AvgIpc) is 3.25. The summed E-state index contributed by atoms with van der Waals surface area (Å²) >= 11 is 0. The molecule has 0 saturated carbocycles. The molecule has 0 bridgehead atoms. The zero-order chi connectivity index (χ0) is 15.8. The van der Waals surface area contributed by atoms with E-state index in [1.807, 2.05) is 30.3 Å². The predicted octanol–water partition coefficient (Wildman–Crippen LogP) is 2.91. The van der Waals surface area contributed by atoms with E-state index in [2.05, 4.69) is 15.6 Å². The number of carbonyl (C=O) groups is 1. The lowest BCUT2D eigenvalue weighted by Gasteiger charge is -2.10. The van der Waals surface area contributed by atoms with Gasteiger partial charge in [0.25, 0.3) is 5.91 Å². The molecule has 4 rings (SSSR count). The first kappa shape index (κ1) is 13.8. The Hall–Kier alpha value is -2.89. The quantitative estimate of drug-likeness (QED) is 0.807. The zero-order valence-corrected chi connectivity index (χ0v) is 12.7. The Kier molecular flexibility index (Phi) is 3.22. The van der Waals surface area contributed by atoms with E-state index in [4.69, 9.17) is 4.52 Å². The Morgan fingerprint density at radius 1 is 1.26 bits per heavy atom. The van der Waals surface area contributed by atoms with Gasteiger partial charge in [0, 0.05) is 11.6 Å². The molecule has 0 aliphatic heterocycles. The van der Waals surface area contributed by atoms with Gasteiger partial charge >= 0.3 is 0 Å². The number of aryl methyl sites for hydroxylation is 2. The Bertz CT molecular complexity index is 864. The normalized spacial score (nSPS) is 13.1. The fourth-order valence-electron chi connectivity index (χ4n) is 2.92. The molecule has 2 aromatic heterocycles. The van der Waals surface area contributed by atoms with Crippen LogP contribution in [0, 0.1) is 6.92 Å². The lowest BCUT2D eigenvalue weighted by molar-refractivity contribution is 0.101. The summed E-state index contributed by atoms with van der Waals surface area (Å²) < 4.78 is 6.78. The first-order valence-electron chi connectivity index (χ1n) is 7.63. The number of nitrogens with one attached hydrogen (secondary N) is 1. The Labute approximate surface area is 133 Å². The van der Waals surface area contributed by atoms with Gasteiger partial charge in [-0.3, -0.25) is 4.79 Å². The van der Waals surface area contributed by atoms with Crippen molar-refractivity contribution in [2.45, 2.75) is 26.2 Å². The molecule has 1 aromatic carbocycles. The highest BCUT2D eigenvalue weighted by Crippen LogP contribution is 2.31. The summed E-state index contributed by atoms with van der Waals surface area (Å²) in [6.07, 6.45) is 2.94. The number of para-hydroxylation sites is 1. The van der Waals surface area contributed by atoms with Crippen LogP contribution in [0.1, 0.15) is 33.9 Å². The van der Waals surface area contributed by atoms with Crippen LogP contribution in [0.25, 0.3) is 5.69 Å². The summed E-state index contributed by atoms with van der Waals surface area (Å²) in [5, 5.41) is 11.4. The first-order valence-corrected chi connectivity index (χ1v) is 7.63. The first-order chi connectivity index (χ1) is 11.2. The number of benzene rings is 1. The third-order valence-corrected chi connectivity index (χ3v) is 4.00. The standard InChI is InChI=1S/C17H16N4O2/c1-11-10-15(20-23-11)17(22)18-16-13-8-5-9-14(13)19-21(16)12-6-3-2-4-7-12/h2-4,6-7,10H,5,8-9H2,1H3,(H,18,22). The van der Waals surface area contributed by atoms with Crippen molar-refractivity contribution in [2.75, 3.05) is 5.32 Å². The molecule has 23 heavy (non-hydrogen) atoms. The van der Waals surface area contributed by atoms with Crippen LogP contribution >= 0.6 is 0 Å². The molecule has 6 nitrogen and oxygen atoms in total. The summed E-state index contributed by atoms with van der Waals surface area (Å²) in [7, 11) is 0. The lowest BCUT2D eigenvalue weighted by Crippen LogP contribution is -2.16. The average molecular weight is 308 g/mol. The van der Waals surface area contributed by atoms with Crippen molar-refractivity contribution in [3.63, 3.8) is 0 Å². The van der Waals surface area contributed by atoms with Crippen molar-refractivity contribution in [1.29, 1.82) is 0 Å². The van der Waals surface area contributed by atoms with Gasteiger partial charge in [0.15, 0.2) is 5.69 Å². The van der Waals surface area contributed by atoms with Gasteiger partial charge in [-0.25, -0.2) is 4.68 Å². The molecular formula is C17H16N4O2. The van der Waals surface area contributed by atoms with Gasteiger partial charge in [0.2, 0.25) is 0 Å². The van der Waals surface area contributed by atoms with E-state index in [1.165, 1.54) is 0 Å². The number of aromatic nitrogens is 3. The third kappa shape index (κ3) is 2.42. The maximum Gasteiger partial charge on any atom is 0.279 e. The molecule has 0 fully saturated rings. The van der Waals surface area contributed by atoms with E-state index in [1.54, 1.807) is 17.7 Å². The van der Waals surface area contributed by atoms with E-state index in [-0.39, 0.29) is 11.6 Å². The smallest absolute Gasteiger partial charge is 0.279 e. The maximum absolute atomic E-state index is 12.4. The molecule has 0 radical (unpaired) electrons. The number of rotatable bonds is 3. The summed E-state index contributed by atoms with van der Waals surface area (Å²) in [5.74, 6) is 1.06. The minimum atomic E-state index is -0.284. The predicted molar refractivity (Wildman–Crippen MR) is 84.8 cm³/mol. The minimum absolute atomic E-state index is 0.273. The number of amides is 1. The molecule has 3 aromatic rings. The van der Waals surface area contributed by atoms with Crippen LogP contribution < -0.4 is 5.32 Å². The molecule has 0 atom stereocenters. The van der Waals surface area contributed by atoms with E-state index < -0.39 is 0 Å². The zero-order valence-electron chi connectivity index (χ0n) is 12.7. The van der Waals surface area contributed by atoms with Crippen molar-refractivity contribution >= 4 is 11.7 Å². The molecule has 0 spiro atoms. The second kappa shape index (κ2) is 5.39. The Morgan fingerprint density at radius 3 is 2.83 bits per heavy atom. The topological polar surface area (TPSA) is 73.0 Å². The third-order valence-electron chi connectivity index (χ3n) is 4.00. The second-order valence-electron chi connectivity index (χ2n) is 5.65. The number of hydrogen-bond acceptors (Lipinski definition) is 4. The fourth-order valence-corrected chi connectivity index (χ4v) is 2.92. The van der Waals surface area contributed by atoms with Crippen molar-refractivity contribution in [2.24, 2.45) is 0 Å². The van der Waals surface area contributed by atoms with Crippen molar-refractivity contribution in [3.8, 4) is 5.69 Å². The maximum atomic E-state index is 12.4. The van der Waals surface area contributed by atoms with Crippen molar-refractivity contribution in [3.05, 3.63) is 59.1 Å². The second-order valence-corrected chi connectivity index (χ2v) is 5.65. The molecule has 1 aliphatic carbocycles. The van der Waals surface area contributed by atoms with Gasteiger partial charge in [-0.2, -0.15) is 5.10 Å². The number of hydrogen-bond donors (Lipinski definition) is 1. The monoisotopic (exact) mass is 308 g/mol. The van der Waals surface area contributed by atoms with Crippen LogP contribution in [0.5, 0.6) is 0 Å². The summed E-state index contributed by atoms with van der Waals surface area (Å²) in [6, 6.07) is 11.4. The van der Waals surface area contributed by atoms with Gasteiger partial charge in [-0.05, 0) is 38.3 Å². The molecule has 1 aliphatic rings. The van der Waals surface area contributed by atoms with E-state index in [0.717, 1.165) is 42.0 Å². The van der Waals surface area contributed by atoms with Crippen LogP contribution in [-0.4, -0.2) is 20.8 Å². The lowest BCUT2D eigenvalue weighted by atomic mass is 10.2. The molecule has 0 saturated heterocycles. The van der Waals surface area contributed by atoms with Crippen molar-refractivity contribution in [1.82, 2.24) is 14.9 Å². The highest BCUT2D eigenvalue weighted by molar-refractivity contribution is 6.03. The SMILES string of the molecule is Cc1cc(C(=O)Nc2c3c(nn2-c2ccccc2)CCC3)no1. The molecule has 2 heterocycles. The Morgan fingerprint density at radius 2 is 2.09 bits per heavy atom. The molecule has 116 valence electrons. The van der Waals surface area contributed by atoms with E-state index in [0.29, 0.717) is 5.76 Å². The van der Waals surface area contributed by atoms with Crippen LogP contribution in [0.4, 0.5) is 5.82 Å². The highest BCUT2D eigenvalue weighted by Gasteiger charge is 2.25. The van der Waals surface area contributed by atoms with Crippen LogP contribution in [-0.2, 0) is 12.8 Å². The van der Waals surface area contributed by atoms with E-state index >= 15 is 0 Å². The van der Waals surface area contributed by atoms with E-state index in [9.17, 15) is 4.79 Å². The van der Waals surface area contributed by atoms with Gasteiger partial charge < -0.3 is 9.84 Å². The van der Waals surface area contributed by atoms with Crippen LogP contribution in [0.3, 0.4) is 0 Å². The number of anilines is 1. The molecule has 1 N–H and O–H groups in total. The van der Waals surface area contributed by atoms with Gasteiger partial charge in [0.1, 0.15) is 11.6 Å². The van der Waals surface area contributed by atoms with Gasteiger partial charge in [-0.15, -0.1) is 0 Å². The largest absolute Gasteiger partial charge is 0.361 e. The summed E-state index contributed by atoms with van der Waals surface area (Å²) in [6.45, 7) is 1.76. The van der Waals surface area contributed by atoms with Crippen molar-refractivity contribution < 1.29 is 9.32 Å². The minimum Gasteiger partial charge on any atom is -0.361 e. The summed E-state index contributed by atoms with van der Waals surface area (Å²) in [5.41, 5.74) is 3.37. The summed E-state index contributed by atoms with van der Waals surface area (Å²) in [4.78, 5) is 12.4. The Balaban J connectivity index is 1.74. The van der Waals surface area contributed by atoms with Crippen LogP contribution in [0.15, 0.2) is 40.9 Å². The highest BCUT2D eigenvalue weighted by atomic mass is 16.5.